The maximum absolute atomic E-state index is 12.5. The number of nitrogens with zero attached hydrogens (tertiary/aromatic N) is 2. The minimum atomic E-state index is -0.537. The van der Waals surface area contributed by atoms with E-state index in [1.165, 1.54) is 16.8 Å². The van der Waals surface area contributed by atoms with E-state index < -0.39 is 5.97 Å². The first-order chi connectivity index (χ1) is 12.7. The summed E-state index contributed by atoms with van der Waals surface area (Å²) >= 11 is 0. The Kier molecular flexibility index (Phi) is 4.07. The SMILES string of the molecule is O=C(OCc1ccccc1)c1c[nH]n2c(=O)cc(-c3ccccc3)nc12. The molecule has 0 aliphatic carbocycles. The predicted molar refractivity (Wildman–Crippen MR) is 96.8 cm³/mol. The number of benzene rings is 2. The van der Waals surface area contributed by atoms with Crippen molar-refractivity contribution < 1.29 is 9.53 Å². The third-order valence-corrected chi connectivity index (χ3v) is 4.00. The summed E-state index contributed by atoms with van der Waals surface area (Å²) in [6, 6.07) is 20.2. The predicted octanol–water partition coefficient (Wildman–Crippen LogP) is 3.05. The lowest BCUT2D eigenvalue weighted by Crippen LogP contribution is -2.15. The van der Waals surface area contributed by atoms with Gasteiger partial charge in [-0.25, -0.2) is 14.3 Å². The Bertz CT molecular complexity index is 1120. The van der Waals surface area contributed by atoms with Crippen LogP contribution in [0.2, 0.25) is 0 Å². The molecule has 2 aromatic carbocycles. The number of ether oxygens (including phenoxy) is 1. The Morgan fingerprint density at radius 2 is 1.73 bits per heavy atom. The Labute approximate surface area is 148 Å². The van der Waals surface area contributed by atoms with Crippen LogP contribution in [0, 0.1) is 0 Å². The van der Waals surface area contributed by atoms with Crippen molar-refractivity contribution in [3.63, 3.8) is 0 Å². The molecule has 0 aliphatic heterocycles. The van der Waals surface area contributed by atoms with Gasteiger partial charge in [-0.3, -0.25) is 9.89 Å². The van der Waals surface area contributed by atoms with Crippen molar-refractivity contribution in [1.29, 1.82) is 0 Å². The van der Waals surface area contributed by atoms with Crippen LogP contribution in [-0.4, -0.2) is 20.6 Å². The largest absolute Gasteiger partial charge is 0.457 e. The molecule has 0 atom stereocenters. The summed E-state index contributed by atoms with van der Waals surface area (Å²) in [6.45, 7) is 0.152. The van der Waals surface area contributed by atoms with E-state index >= 15 is 0 Å². The van der Waals surface area contributed by atoms with Gasteiger partial charge in [0.05, 0.1) is 5.69 Å². The zero-order chi connectivity index (χ0) is 17.9. The number of nitrogens with one attached hydrogen (secondary N) is 1. The monoisotopic (exact) mass is 345 g/mol. The number of aromatic nitrogens is 3. The number of aromatic amines is 1. The van der Waals surface area contributed by atoms with Gasteiger partial charge in [-0.2, -0.15) is 0 Å². The van der Waals surface area contributed by atoms with Gasteiger partial charge in [0.1, 0.15) is 12.2 Å². The summed E-state index contributed by atoms with van der Waals surface area (Å²) in [4.78, 5) is 29.3. The van der Waals surface area contributed by atoms with Gasteiger partial charge in [0, 0.05) is 17.8 Å². The standard InChI is InChI=1S/C20H15N3O3/c24-18-11-17(15-9-5-2-6-10-15)22-19-16(12-21-23(18)19)20(25)26-13-14-7-3-1-4-8-14/h1-12,21H,13H2. The number of hydrogen-bond acceptors (Lipinski definition) is 4. The van der Waals surface area contributed by atoms with Crippen LogP contribution in [0.4, 0.5) is 0 Å². The molecule has 0 saturated carbocycles. The quantitative estimate of drug-likeness (QED) is 0.577. The van der Waals surface area contributed by atoms with E-state index in [2.05, 4.69) is 10.1 Å². The fraction of sp³-hybridized carbons (Fsp3) is 0.0500. The normalized spacial score (nSPS) is 10.8. The molecule has 6 heteroatoms. The van der Waals surface area contributed by atoms with Gasteiger partial charge in [0.2, 0.25) is 0 Å². The molecule has 6 nitrogen and oxygen atoms in total. The molecule has 0 radical (unpaired) electrons. The Balaban J connectivity index is 1.68. The minimum Gasteiger partial charge on any atom is -0.457 e. The van der Waals surface area contributed by atoms with Crippen molar-refractivity contribution in [1.82, 2.24) is 14.6 Å². The smallest absolute Gasteiger partial charge is 0.343 e. The Morgan fingerprint density at radius 1 is 1.04 bits per heavy atom. The lowest BCUT2D eigenvalue weighted by molar-refractivity contribution is 0.0475. The second-order valence-electron chi connectivity index (χ2n) is 5.75. The van der Waals surface area contributed by atoms with Crippen molar-refractivity contribution in [2.24, 2.45) is 0 Å². The lowest BCUT2D eigenvalue weighted by atomic mass is 10.1. The Hall–Kier alpha value is -3.67. The molecule has 4 aromatic rings. The first kappa shape index (κ1) is 15.8. The molecule has 4 rings (SSSR count). The number of hydrogen-bond donors (Lipinski definition) is 1. The molecule has 128 valence electrons. The van der Waals surface area contributed by atoms with Crippen molar-refractivity contribution in [2.75, 3.05) is 0 Å². The summed E-state index contributed by atoms with van der Waals surface area (Å²) in [7, 11) is 0. The van der Waals surface area contributed by atoms with E-state index in [0.717, 1.165) is 11.1 Å². The molecule has 0 amide bonds. The van der Waals surface area contributed by atoms with E-state index in [-0.39, 0.29) is 23.4 Å². The molecule has 0 spiro atoms. The van der Waals surface area contributed by atoms with Crippen LogP contribution in [0.25, 0.3) is 16.9 Å². The molecule has 0 fully saturated rings. The number of fused-ring (bicyclic) bond motifs is 1. The number of esters is 1. The highest BCUT2D eigenvalue weighted by molar-refractivity contribution is 5.95. The fourth-order valence-electron chi connectivity index (χ4n) is 2.69. The second-order valence-corrected chi connectivity index (χ2v) is 5.75. The highest BCUT2D eigenvalue weighted by Crippen LogP contribution is 2.17. The van der Waals surface area contributed by atoms with Crippen molar-refractivity contribution in [3.8, 4) is 11.3 Å². The van der Waals surface area contributed by atoms with Crippen molar-refractivity contribution in [3.05, 3.63) is 94.4 Å². The van der Waals surface area contributed by atoms with Crippen molar-refractivity contribution in [2.45, 2.75) is 6.61 Å². The van der Waals surface area contributed by atoms with Crippen LogP contribution in [0.15, 0.2) is 77.7 Å². The first-order valence-corrected chi connectivity index (χ1v) is 8.10. The molecule has 0 unspecified atom stereocenters. The molecule has 0 bridgehead atoms. The summed E-state index contributed by atoms with van der Waals surface area (Å²) in [6.07, 6.45) is 1.44. The van der Waals surface area contributed by atoms with Gasteiger partial charge in [0.25, 0.3) is 5.56 Å². The van der Waals surface area contributed by atoms with Gasteiger partial charge < -0.3 is 4.74 Å². The summed E-state index contributed by atoms with van der Waals surface area (Å²) < 4.78 is 6.58. The number of carbonyl (C=O) groups excluding carboxylic acids is 1. The number of H-pyrrole nitrogens is 1. The van der Waals surface area contributed by atoms with Gasteiger partial charge in [0.15, 0.2) is 5.65 Å². The molecule has 0 saturated heterocycles. The zero-order valence-corrected chi connectivity index (χ0v) is 13.8. The first-order valence-electron chi connectivity index (χ1n) is 8.10. The summed E-state index contributed by atoms with van der Waals surface area (Å²) in [5.74, 6) is -0.537. The average molecular weight is 345 g/mol. The van der Waals surface area contributed by atoms with Crippen LogP contribution < -0.4 is 5.56 Å². The van der Waals surface area contributed by atoms with Crippen molar-refractivity contribution >= 4 is 11.6 Å². The molecule has 2 heterocycles. The average Bonchev–Trinajstić information content (AvgIpc) is 3.12. The second kappa shape index (κ2) is 6.68. The maximum Gasteiger partial charge on any atom is 0.343 e. The van der Waals surface area contributed by atoms with Gasteiger partial charge in [-0.1, -0.05) is 60.7 Å². The summed E-state index contributed by atoms with van der Waals surface area (Å²) in [5.41, 5.74) is 2.36. The Morgan fingerprint density at radius 3 is 2.46 bits per heavy atom. The molecule has 2 aromatic heterocycles. The molecule has 26 heavy (non-hydrogen) atoms. The van der Waals surface area contributed by atoms with E-state index in [9.17, 15) is 9.59 Å². The molecular weight excluding hydrogens is 330 g/mol. The fourth-order valence-corrected chi connectivity index (χ4v) is 2.69. The minimum absolute atomic E-state index is 0.152. The number of rotatable bonds is 4. The number of carbonyl (C=O) groups is 1. The van der Waals surface area contributed by atoms with E-state index in [1.807, 2.05) is 60.7 Å². The van der Waals surface area contributed by atoms with Crippen LogP contribution in [-0.2, 0) is 11.3 Å². The zero-order valence-electron chi connectivity index (χ0n) is 13.8. The van der Waals surface area contributed by atoms with Gasteiger partial charge >= 0.3 is 5.97 Å². The maximum atomic E-state index is 12.5. The molecule has 1 N–H and O–H groups in total. The van der Waals surface area contributed by atoms with E-state index in [0.29, 0.717) is 5.69 Å². The highest BCUT2D eigenvalue weighted by Gasteiger charge is 2.17. The van der Waals surface area contributed by atoms with Crippen LogP contribution in [0.1, 0.15) is 15.9 Å². The topological polar surface area (TPSA) is 76.5 Å². The summed E-state index contributed by atoms with van der Waals surface area (Å²) in [5, 5.41) is 2.76. The highest BCUT2D eigenvalue weighted by atomic mass is 16.5. The van der Waals surface area contributed by atoms with Crippen LogP contribution >= 0.6 is 0 Å². The van der Waals surface area contributed by atoms with Gasteiger partial charge in [-0.15, -0.1) is 0 Å². The van der Waals surface area contributed by atoms with Crippen LogP contribution in [0.5, 0.6) is 0 Å². The third-order valence-electron chi connectivity index (χ3n) is 4.00. The molecular formula is C20H15N3O3. The van der Waals surface area contributed by atoms with E-state index in [1.54, 1.807) is 0 Å². The lowest BCUT2D eigenvalue weighted by Gasteiger charge is -2.04. The third kappa shape index (κ3) is 3.00. The molecule has 0 aliphatic rings. The van der Waals surface area contributed by atoms with Gasteiger partial charge in [-0.05, 0) is 5.56 Å². The van der Waals surface area contributed by atoms with Crippen LogP contribution in [0.3, 0.4) is 0 Å². The van der Waals surface area contributed by atoms with E-state index in [4.69, 9.17) is 4.74 Å².